The summed E-state index contributed by atoms with van der Waals surface area (Å²) >= 11 is 0. The highest BCUT2D eigenvalue weighted by molar-refractivity contribution is 5.71. The van der Waals surface area contributed by atoms with Gasteiger partial charge in [-0.05, 0) is 47.6 Å². The Bertz CT molecular complexity index is 855. The van der Waals surface area contributed by atoms with Crippen LogP contribution in [-0.2, 0) is 13.0 Å². The molecule has 1 unspecified atom stereocenters. The fourth-order valence-electron chi connectivity index (χ4n) is 3.52. The average molecular weight is 330 g/mol. The number of hydrogen-bond acceptors (Lipinski definition) is 2. The van der Waals surface area contributed by atoms with E-state index in [1.807, 2.05) is 36.4 Å². The summed E-state index contributed by atoms with van der Waals surface area (Å²) in [5.41, 5.74) is 5.75. The molecule has 0 spiro atoms. The molecule has 126 valence electrons. The molecule has 0 heterocycles. The molecule has 0 saturated carbocycles. The van der Waals surface area contributed by atoms with Gasteiger partial charge >= 0.3 is 0 Å². The molecule has 25 heavy (non-hydrogen) atoms. The van der Waals surface area contributed by atoms with Crippen LogP contribution in [0.25, 0.3) is 11.1 Å². The van der Waals surface area contributed by atoms with Gasteiger partial charge in [-0.1, -0.05) is 66.7 Å². The van der Waals surface area contributed by atoms with Gasteiger partial charge in [0.1, 0.15) is 12.4 Å². The Morgan fingerprint density at radius 2 is 1.72 bits per heavy atom. The van der Waals surface area contributed by atoms with E-state index in [0.717, 1.165) is 47.3 Å². The lowest BCUT2D eigenvalue weighted by molar-refractivity contribution is 0.156. The number of hydrogen-bond donors (Lipinski definition) is 1. The van der Waals surface area contributed by atoms with Crippen molar-refractivity contribution in [2.75, 3.05) is 0 Å². The third kappa shape index (κ3) is 3.45. The molecule has 0 saturated heterocycles. The van der Waals surface area contributed by atoms with Gasteiger partial charge in [-0.25, -0.2) is 0 Å². The summed E-state index contributed by atoms with van der Waals surface area (Å²) in [6, 6.07) is 24.8. The first-order valence-electron chi connectivity index (χ1n) is 8.88. The predicted molar refractivity (Wildman–Crippen MR) is 101 cm³/mol. The number of para-hydroxylation sites is 1. The number of fused-ring (bicyclic) bond motifs is 1. The number of aliphatic hydroxyl groups excluding tert-OH is 1. The molecule has 2 nitrogen and oxygen atoms in total. The zero-order valence-electron chi connectivity index (χ0n) is 14.2. The smallest absolute Gasteiger partial charge is 0.127 e. The summed E-state index contributed by atoms with van der Waals surface area (Å²) in [6.45, 7) is 0.557. The molecule has 0 fully saturated rings. The Hall–Kier alpha value is -2.58. The van der Waals surface area contributed by atoms with Gasteiger partial charge in [-0.3, -0.25) is 0 Å². The van der Waals surface area contributed by atoms with Crippen LogP contribution < -0.4 is 4.74 Å². The Balaban J connectivity index is 1.62. The van der Waals surface area contributed by atoms with Gasteiger partial charge in [-0.2, -0.15) is 0 Å². The topological polar surface area (TPSA) is 29.5 Å². The Morgan fingerprint density at radius 1 is 0.920 bits per heavy atom. The number of rotatable bonds is 4. The maximum atomic E-state index is 10.2. The van der Waals surface area contributed by atoms with Crippen molar-refractivity contribution in [2.45, 2.75) is 32.0 Å². The molecule has 4 rings (SSSR count). The van der Waals surface area contributed by atoms with Crippen LogP contribution in [0, 0.1) is 0 Å². The van der Waals surface area contributed by atoms with Crippen molar-refractivity contribution in [2.24, 2.45) is 0 Å². The maximum absolute atomic E-state index is 10.2. The average Bonchev–Trinajstić information content (AvgIpc) is 2.67. The van der Waals surface area contributed by atoms with Gasteiger partial charge in [0.15, 0.2) is 0 Å². The van der Waals surface area contributed by atoms with Crippen molar-refractivity contribution in [3.8, 4) is 16.9 Å². The van der Waals surface area contributed by atoms with Crippen LogP contribution in [0.4, 0.5) is 0 Å². The SMILES string of the molecule is OC1CCCc2cc(-c3ccccc3OCc3ccccc3)ccc21. The van der Waals surface area contributed by atoms with E-state index in [-0.39, 0.29) is 6.10 Å². The first kappa shape index (κ1) is 15.9. The predicted octanol–water partition coefficient (Wildman–Crippen LogP) is 5.30. The lowest BCUT2D eigenvalue weighted by Crippen LogP contribution is -2.09. The molecule has 0 radical (unpaired) electrons. The van der Waals surface area contributed by atoms with E-state index in [9.17, 15) is 5.11 Å². The second kappa shape index (κ2) is 7.12. The summed E-state index contributed by atoms with van der Waals surface area (Å²) in [6.07, 6.45) is 2.63. The summed E-state index contributed by atoms with van der Waals surface area (Å²) in [7, 11) is 0. The van der Waals surface area contributed by atoms with Crippen LogP contribution in [0.15, 0.2) is 72.8 Å². The molecule has 1 atom stereocenters. The Morgan fingerprint density at radius 3 is 2.60 bits per heavy atom. The fraction of sp³-hybridized carbons (Fsp3) is 0.217. The Kier molecular flexibility index (Phi) is 4.53. The fourth-order valence-corrected chi connectivity index (χ4v) is 3.52. The van der Waals surface area contributed by atoms with Crippen molar-refractivity contribution < 1.29 is 9.84 Å². The molecule has 0 aromatic heterocycles. The molecule has 1 aliphatic rings. The van der Waals surface area contributed by atoms with Gasteiger partial charge < -0.3 is 9.84 Å². The molecule has 0 bridgehead atoms. The number of benzene rings is 3. The highest BCUT2D eigenvalue weighted by Crippen LogP contribution is 2.36. The minimum atomic E-state index is -0.317. The molecular formula is C23H22O2. The lowest BCUT2D eigenvalue weighted by atomic mass is 9.87. The van der Waals surface area contributed by atoms with Crippen LogP contribution in [0.3, 0.4) is 0 Å². The molecule has 0 aliphatic heterocycles. The van der Waals surface area contributed by atoms with Crippen LogP contribution in [0.5, 0.6) is 5.75 Å². The lowest BCUT2D eigenvalue weighted by Gasteiger charge is -2.22. The third-order valence-corrected chi connectivity index (χ3v) is 4.86. The largest absolute Gasteiger partial charge is 0.488 e. The van der Waals surface area contributed by atoms with Crippen molar-refractivity contribution in [1.82, 2.24) is 0 Å². The highest BCUT2D eigenvalue weighted by Gasteiger charge is 2.18. The Labute approximate surface area is 148 Å². The molecule has 1 N–H and O–H groups in total. The zero-order valence-corrected chi connectivity index (χ0v) is 14.2. The standard InChI is InChI=1S/C23H22O2/c24-22-11-6-9-18-15-19(13-14-20(18)22)21-10-4-5-12-23(21)25-16-17-7-2-1-3-8-17/h1-5,7-8,10,12-15,22,24H,6,9,11,16H2. The van der Waals surface area contributed by atoms with Gasteiger partial charge in [0.25, 0.3) is 0 Å². The molecule has 3 aromatic rings. The zero-order chi connectivity index (χ0) is 17.1. The van der Waals surface area contributed by atoms with Crippen molar-refractivity contribution >= 4 is 0 Å². The van der Waals surface area contributed by atoms with E-state index >= 15 is 0 Å². The van der Waals surface area contributed by atoms with E-state index in [2.05, 4.69) is 36.4 Å². The summed E-state index contributed by atoms with van der Waals surface area (Å²) in [5, 5.41) is 10.2. The number of aliphatic hydroxyl groups is 1. The molecular weight excluding hydrogens is 308 g/mol. The summed E-state index contributed by atoms with van der Waals surface area (Å²) < 4.78 is 6.09. The summed E-state index contributed by atoms with van der Waals surface area (Å²) in [4.78, 5) is 0. The molecule has 0 amide bonds. The molecule has 1 aliphatic carbocycles. The quantitative estimate of drug-likeness (QED) is 0.703. The maximum Gasteiger partial charge on any atom is 0.127 e. The van der Waals surface area contributed by atoms with Crippen LogP contribution in [0.2, 0.25) is 0 Å². The van der Waals surface area contributed by atoms with Crippen molar-refractivity contribution in [3.63, 3.8) is 0 Å². The van der Waals surface area contributed by atoms with E-state index < -0.39 is 0 Å². The number of aryl methyl sites for hydroxylation is 1. The molecule has 3 aromatic carbocycles. The minimum Gasteiger partial charge on any atom is -0.488 e. The second-order valence-corrected chi connectivity index (χ2v) is 6.59. The minimum absolute atomic E-state index is 0.317. The normalized spacial score (nSPS) is 16.3. The van der Waals surface area contributed by atoms with E-state index in [1.54, 1.807) is 0 Å². The molecule has 2 heteroatoms. The first-order chi connectivity index (χ1) is 12.3. The van der Waals surface area contributed by atoms with Crippen LogP contribution in [0.1, 0.15) is 35.6 Å². The van der Waals surface area contributed by atoms with Crippen molar-refractivity contribution in [3.05, 3.63) is 89.5 Å². The highest BCUT2D eigenvalue weighted by atomic mass is 16.5. The van der Waals surface area contributed by atoms with Crippen LogP contribution in [-0.4, -0.2) is 5.11 Å². The van der Waals surface area contributed by atoms with E-state index in [0.29, 0.717) is 6.61 Å². The second-order valence-electron chi connectivity index (χ2n) is 6.59. The van der Waals surface area contributed by atoms with Gasteiger partial charge in [0.2, 0.25) is 0 Å². The van der Waals surface area contributed by atoms with Crippen LogP contribution >= 0.6 is 0 Å². The van der Waals surface area contributed by atoms with Crippen molar-refractivity contribution in [1.29, 1.82) is 0 Å². The monoisotopic (exact) mass is 330 g/mol. The number of ether oxygens (including phenoxy) is 1. The van der Waals surface area contributed by atoms with Gasteiger partial charge in [0.05, 0.1) is 6.10 Å². The van der Waals surface area contributed by atoms with Gasteiger partial charge in [-0.15, -0.1) is 0 Å². The first-order valence-corrected chi connectivity index (χ1v) is 8.88. The van der Waals surface area contributed by atoms with E-state index in [4.69, 9.17) is 4.74 Å². The van der Waals surface area contributed by atoms with E-state index in [1.165, 1.54) is 5.56 Å². The van der Waals surface area contributed by atoms with Gasteiger partial charge in [0, 0.05) is 5.56 Å². The summed E-state index contributed by atoms with van der Waals surface area (Å²) in [5.74, 6) is 0.891. The third-order valence-electron chi connectivity index (χ3n) is 4.86.